The monoisotopic (exact) mass is 228 g/mol. The van der Waals surface area contributed by atoms with Crippen LogP contribution < -0.4 is 10.6 Å². The van der Waals surface area contributed by atoms with Crippen LogP contribution in [0.1, 0.15) is 12.5 Å². The maximum Gasteiger partial charge on any atom is 0.256 e. The molecule has 1 atom stereocenters. The van der Waals surface area contributed by atoms with Crippen LogP contribution in [0, 0.1) is 0 Å². The molecule has 0 aliphatic heterocycles. The van der Waals surface area contributed by atoms with Crippen molar-refractivity contribution in [2.45, 2.75) is 25.3 Å². The fourth-order valence-corrected chi connectivity index (χ4v) is 1.46. The van der Waals surface area contributed by atoms with E-state index in [1.54, 1.807) is 0 Å². The van der Waals surface area contributed by atoms with Gasteiger partial charge in [0.25, 0.3) is 6.43 Å². The molecule has 1 rings (SSSR count). The summed E-state index contributed by atoms with van der Waals surface area (Å²) in [5.74, 6) is 0. The molecule has 0 aliphatic carbocycles. The highest BCUT2D eigenvalue weighted by Gasteiger charge is 2.30. The molecule has 1 unspecified atom stereocenters. The molecule has 0 bridgehead atoms. The Morgan fingerprint density at radius 3 is 2.50 bits per heavy atom. The second kappa shape index (κ2) is 4.78. The molecular formula is C12H18F2N2. The van der Waals surface area contributed by atoms with Gasteiger partial charge >= 0.3 is 0 Å². The highest BCUT2D eigenvalue weighted by molar-refractivity contribution is 5.47. The fourth-order valence-electron chi connectivity index (χ4n) is 1.46. The van der Waals surface area contributed by atoms with E-state index in [0.29, 0.717) is 0 Å². The maximum absolute atomic E-state index is 12.6. The van der Waals surface area contributed by atoms with Crippen LogP contribution in [0.5, 0.6) is 0 Å². The quantitative estimate of drug-likeness (QED) is 0.856. The number of hydrogen-bond donors (Lipinski definition) is 1. The minimum atomic E-state index is -2.52. The summed E-state index contributed by atoms with van der Waals surface area (Å²) < 4.78 is 25.2. The van der Waals surface area contributed by atoms with Crippen LogP contribution in [0.4, 0.5) is 14.5 Å². The molecule has 4 heteroatoms. The van der Waals surface area contributed by atoms with E-state index in [0.717, 1.165) is 11.3 Å². The van der Waals surface area contributed by atoms with Gasteiger partial charge in [-0.25, -0.2) is 8.78 Å². The molecule has 2 N–H and O–H groups in total. The second-order valence-electron chi connectivity index (χ2n) is 4.55. The molecular weight excluding hydrogens is 210 g/mol. The summed E-state index contributed by atoms with van der Waals surface area (Å²) >= 11 is 0. The Morgan fingerprint density at radius 2 is 2.00 bits per heavy atom. The van der Waals surface area contributed by atoms with E-state index >= 15 is 0 Å². The smallest absolute Gasteiger partial charge is 0.256 e. The highest BCUT2D eigenvalue weighted by Crippen LogP contribution is 2.21. The van der Waals surface area contributed by atoms with Gasteiger partial charge in [0.05, 0.1) is 5.54 Å². The lowest BCUT2D eigenvalue weighted by Crippen LogP contribution is -2.45. The third-order valence-electron chi connectivity index (χ3n) is 2.51. The number of hydrogen-bond acceptors (Lipinski definition) is 2. The molecule has 0 fully saturated rings. The Hall–Kier alpha value is -1.16. The summed E-state index contributed by atoms with van der Waals surface area (Å²) in [5, 5.41) is 0. The summed E-state index contributed by atoms with van der Waals surface area (Å²) in [5.41, 5.74) is 5.91. The molecule has 1 aromatic carbocycles. The van der Waals surface area contributed by atoms with Crippen molar-refractivity contribution in [1.82, 2.24) is 0 Å². The van der Waals surface area contributed by atoms with Crippen molar-refractivity contribution in [2.75, 3.05) is 19.0 Å². The van der Waals surface area contributed by atoms with Gasteiger partial charge in [-0.05, 0) is 31.0 Å². The molecule has 0 heterocycles. The van der Waals surface area contributed by atoms with Gasteiger partial charge in [0.1, 0.15) is 0 Å². The van der Waals surface area contributed by atoms with E-state index in [1.807, 2.05) is 43.3 Å². The zero-order chi connectivity index (χ0) is 12.3. The molecule has 2 nitrogen and oxygen atoms in total. The lowest BCUT2D eigenvalue weighted by Gasteiger charge is -2.24. The van der Waals surface area contributed by atoms with Crippen LogP contribution in [0.2, 0.25) is 0 Å². The van der Waals surface area contributed by atoms with Crippen LogP contribution >= 0.6 is 0 Å². The first-order chi connectivity index (χ1) is 7.33. The Bertz CT molecular complexity index is 349. The fraction of sp³-hybridized carbons (Fsp3) is 0.500. The first-order valence-electron chi connectivity index (χ1n) is 5.16. The maximum atomic E-state index is 12.6. The zero-order valence-corrected chi connectivity index (χ0v) is 9.87. The van der Waals surface area contributed by atoms with E-state index in [-0.39, 0.29) is 6.42 Å². The van der Waals surface area contributed by atoms with Gasteiger partial charge in [-0.2, -0.15) is 0 Å². The summed E-state index contributed by atoms with van der Waals surface area (Å²) in [4.78, 5) is 1.93. The molecule has 0 spiro atoms. The number of anilines is 1. The normalized spacial score (nSPS) is 14.9. The first-order valence-corrected chi connectivity index (χ1v) is 5.16. The van der Waals surface area contributed by atoms with Crippen molar-refractivity contribution in [2.24, 2.45) is 5.73 Å². The van der Waals surface area contributed by atoms with Gasteiger partial charge in [-0.3, -0.25) is 0 Å². The molecule has 1 aromatic rings. The summed E-state index contributed by atoms with van der Waals surface area (Å²) in [6, 6.07) is 7.49. The third kappa shape index (κ3) is 3.17. The number of benzene rings is 1. The van der Waals surface area contributed by atoms with Gasteiger partial charge in [0.15, 0.2) is 0 Å². The molecule has 0 aliphatic rings. The molecule has 90 valence electrons. The second-order valence-corrected chi connectivity index (χ2v) is 4.55. The topological polar surface area (TPSA) is 29.3 Å². The van der Waals surface area contributed by atoms with Crippen LogP contribution in [-0.4, -0.2) is 26.1 Å². The molecule has 0 saturated heterocycles. The van der Waals surface area contributed by atoms with Gasteiger partial charge in [0.2, 0.25) is 0 Å². The number of halogens is 2. The number of nitrogens with two attached hydrogens (primary N) is 1. The van der Waals surface area contributed by atoms with E-state index in [1.165, 1.54) is 6.92 Å². The molecule has 0 saturated carbocycles. The Balaban J connectivity index is 2.86. The minimum Gasteiger partial charge on any atom is -0.378 e. The van der Waals surface area contributed by atoms with Crippen LogP contribution in [-0.2, 0) is 6.42 Å². The lowest BCUT2D eigenvalue weighted by molar-refractivity contribution is 0.0639. The van der Waals surface area contributed by atoms with Gasteiger partial charge in [-0.15, -0.1) is 0 Å². The first kappa shape index (κ1) is 12.9. The predicted molar refractivity (Wildman–Crippen MR) is 63.1 cm³/mol. The summed E-state index contributed by atoms with van der Waals surface area (Å²) in [6.45, 7) is 1.38. The van der Waals surface area contributed by atoms with Crippen molar-refractivity contribution < 1.29 is 8.78 Å². The van der Waals surface area contributed by atoms with Crippen LogP contribution in [0.25, 0.3) is 0 Å². The summed E-state index contributed by atoms with van der Waals surface area (Å²) in [7, 11) is 3.82. The number of alkyl halides is 2. The van der Waals surface area contributed by atoms with E-state index in [9.17, 15) is 8.78 Å². The lowest BCUT2D eigenvalue weighted by atomic mass is 9.94. The van der Waals surface area contributed by atoms with Gasteiger partial charge < -0.3 is 10.6 Å². The third-order valence-corrected chi connectivity index (χ3v) is 2.51. The van der Waals surface area contributed by atoms with E-state index in [2.05, 4.69) is 0 Å². The summed E-state index contributed by atoms with van der Waals surface area (Å²) in [6.07, 6.45) is -2.35. The van der Waals surface area contributed by atoms with Gasteiger partial charge in [0, 0.05) is 19.8 Å². The number of nitrogens with zero attached hydrogens (tertiary/aromatic N) is 1. The Kier molecular flexibility index (Phi) is 3.86. The van der Waals surface area contributed by atoms with Crippen LogP contribution in [0.3, 0.4) is 0 Å². The SMILES string of the molecule is CN(C)c1cccc(CC(C)(N)C(F)F)c1. The van der Waals surface area contributed by atoms with Crippen molar-refractivity contribution in [3.8, 4) is 0 Å². The Labute approximate surface area is 95.1 Å². The molecule has 0 radical (unpaired) electrons. The molecule has 16 heavy (non-hydrogen) atoms. The zero-order valence-electron chi connectivity index (χ0n) is 9.87. The Morgan fingerprint density at radius 1 is 1.38 bits per heavy atom. The van der Waals surface area contributed by atoms with E-state index < -0.39 is 12.0 Å². The largest absolute Gasteiger partial charge is 0.378 e. The predicted octanol–water partition coefficient (Wildman–Crippen LogP) is 2.28. The van der Waals surface area contributed by atoms with Crippen molar-refractivity contribution in [3.05, 3.63) is 29.8 Å². The van der Waals surface area contributed by atoms with Crippen molar-refractivity contribution in [1.29, 1.82) is 0 Å². The molecule has 0 amide bonds. The average molecular weight is 228 g/mol. The van der Waals surface area contributed by atoms with Crippen molar-refractivity contribution in [3.63, 3.8) is 0 Å². The van der Waals surface area contributed by atoms with Gasteiger partial charge in [-0.1, -0.05) is 12.1 Å². The number of rotatable bonds is 4. The highest BCUT2D eigenvalue weighted by atomic mass is 19.3. The average Bonchev–Trinajstić information content (AvgIpc) is 2.17. The standard InChI is InChI=1S/C12H18F2N2/c1-12(15,11(13)14)8-9-5-4-6-10(7-9)16(2)3/h4-7,11H,8,15H2,1-3H3. The van der Waals surface area contributed by atoms with E-state index in [4.69, 9.17) is 5.73 Å². The molecule has 0 aromatic heterocycles. The van der Waals surface area contributed by atoms with Crippen molar-refractivity contribution >= 4 is 5.69 Å². The van der Waals surface area contributed by atoms with Crippen LogP contribution in [0.15, 0.2) is 24.3 Å². The minimum absolute atomic E-state index is 0.173.